The highest BCUT2D eigenvalue weighted by Crippen LogP contribution is 2.32. The number of aromatic nitrogens is 1. The molecule has 1 aliphatic rings. The predicted molar refractivity (Wildman–Crippen MR) is 95.6 cm³/mol. The number of imide groups is 1. The van der Waals surface area contributed by atoms with Gasteiger partial charge in [0.1, 0.15) is 6.54 Å². The molecular weight excluding hydrogens is 340 g/mol. The lowest BCUT2D eigenvalue weighted by Crippen LogP contribution is -2.33. The number of carbonyl (C=O) groups excluding carboxylic acids is 2. The van der Waals surface area contributed by atoms with Gasteiger partial charge in [0.15, 0.2) is 0 Å². The first-order valence-electron chi connectivity index (χ1n) is 7.59. The Morgan fingerprint density at radius 3 is 2.64 bits per heavy atom. The van der Waals surface area contributed by atoms with Crippen LogP contribution < -0.4 is 0 Å². The molecule has 2 amide bonds. The quantitative estimate of drug-likeness (QED) is 0.851. The summed E-state index contributed by atoms with van der Waals surface area (Å²) >= 11 is 0.753. The van der Waals surface area contributed by atoms with Gasteiger partial charge in [0.25, 0.3) is 11.1 Å². The molecule has 1 aromatic heterocycles. The second-order valence-electron chi connectivity index (χ2n) is 5.73. The number of carboxylic acids is 1. The molecule has 0 unspecified atom stereocenters. The Morgan fingerprint density at radius 1 is 1.20 bits per heavy atom. The van der Waals surface area contributed by atoms with E-state index in [0.717, 1.165) is 33.6 Å². The van der Waals surface area contributed by atoms with Crippen molar-refractivity contribution in [1.82, 2.24) is 9.47 Å². The molecule has 0 spiro atoms. The Labute approximate surface area is 148 Å². The van der Waals surface area contributed by atoms with E-state index < -0.39 is 23.7 Å². The van der Waals surface area contributed by atoms with Crippen molar-refractivity contribution >= 4 is 35.0 Å². The summed E-state index contributed by atoms with van der Waals surface area (Å²) in [6, 6.07) is 9.73. The topological polar surface area (TPSA) is 79.6 Å². The summed E-state index contributed by atoms with van der Waals surface area (Å²) in [6.45, 7) is 3.44. The molecular formula is C18H16N2O4S. The van der Waals surface area contributed by atoms with Crippen molar-refractivity contribution in [3.05, 3.63) is 58.3 Å². The van der Waals surface area contributed by atoms with Crippen LogP contribution in [-0.4, -0.2) is 38.2 Å². The molecule has 3 rings (SSSR count). The lowest BCUT2D eigenvalue weighted by atomic mass is 10.1. The monoisotopic (exact) mass is 356 g/mol. The second kappa shape index (κ2) is 6.60. The molecule has 2 aromatic rings. The molecule has 0 saturated carbocycles. The van der Waals surface area contributed by atoms with Crippen LogP contribution in [0.25, 0.3) is 11.8 Å². The third-order valence-corrected chi connectivity index (χ3v) is 4.90. The van der Waals surface area contributed by atoms with Crippen LogP contribution in [-0.2, 0) is 9.59 Å². The van der Waals surface area contributed by atoms with Gasteiger partial charge in [0.05, 0.1) is 4.91 Å². The number of hydrogen-bond donors (Lipinski definition) is 1. The van der Waals surface area contributed by atoms with Crippen LogP contribution in [0.1, 0.15) is 16.8 Å². The minimum Gasteiger partial charge on any atom is -0.480 e. The van der Waals surface area contributed by atoms with E-state index in [2.05, 4.69) is 0 Å². The Morgan fingerprint density at radius 2 is 1.96 bits per heavy atom. The minimum absolute atomic E-state index is 0.218. The Hall–Kier alpha value is -2.80. The van der Waals surface area contributed by atoms with Gasteiger partial charge in [-0.3, -0.25) is 19.3 Å². The molecule has 1 aliphatic heterocycles. The summed E-state index contributed by atoms with van der Waals surface area (Å²) in [6.07, 6.45) is 3.49. The zero-order chi connectivity index (χ0) is 18.1. The predicted octanol–water partition coefficient (Wildman–Crippen LogP) is 3.22. The van der Waals surface area contributed by atoms with E-state index in [0.29, 0.717) is 0 Å². The molecule has 7 heteroatoms. The van der Waals surface area contributed by atoms with Crippen LogP contribution in [0.15, 0.2) is 41.4 Å². The maximum atomic E-state index is 12.3. The van der Waals surface area contributed by atoms with Crippen LogP contribution in [0.2, 0.25) is 0 Å². The van der Waals surface area contributed by atoms with Crippen LogP contribution >= 0.6 is 11.8 Å². The summed E-state index contributed by atoms with van der Waals surface area (Å²) < 4.78 is 1.91. The smallest absolute Gasteiger partial charge is 0.323 e. The first kappa shape index (κ1) is 17.0. The van der Waals surface area contributed by atoms with E-state index in [1.807, 2.05) is 54.9 Å². The average Bonchev–Trinajstić information content (AvgIpc) is 3.10. The van der Waals surface area contributed by atoms with Crippen molar-refractivity contribution < 1.29 is 19.5 Å². The summed E-state index contributed by atoms with van der Waals surface area (Å²) in [5, 5.41) is 8.25. The zero-order valence-corrected chi connectivity index (χ0v) is 14.5. The fraction of sp³-hybridized carbons (Fsp3) is 0.167. The number of aryl methyl sites for hydroxylation is 2. The number of nitrogens with zero attached hydrogens (tertiary/aromatic N) is 2. The van der Waals surface area contributed by atoms with Crippen molar-refractivity contribution in [2.75, 3.05) is 6.54 Å². The van der Waals surface area contributed by atoms with Gasteiger partial charge < -0.3 is 9.67 Å². The maximum absolute atomic E-state index is 12.3. The number of carboxylic acid groups (broad SMARTS) is 1. The van der Waals surface area contributed by atoms with Gasteiger partial charge >= 0.3 is 5.97 Å². The largest absolute Gasteiger partial charge is 0.480 e. The van der Waals surface area contributed by atoms with Crippen molar-refractivity contribution in [3.63, 3.8) is 0 Å². The van der Waals surface area contributed by atoms with Gasteiger partial charge in [-0.2, -0.15) is 0 Å². The van der Waals surface area contributed by atoms with E-state index in [1.165, 1.54) is 5.56 Å². The normalized spacial score (nSPS) is 16.1. The van der Waals surface area contributed by atoms with E-state index in [-0.39, 0.29) is 4.91 Å². The van der Waals surface area contributed by atoms with Crippen LogP contribution in [0.3, 0.4) is 0 Å². The average molecular weight is 356 g/mol. The highest BCUT2D eigenvalue weighted by Gasteiger charge is 2.36. The number of aliphatic carboxylic acids is 1. The van der Waals surface area contributed by atoms with Crippen LogP contribution in [0, 0.1) is 13.8 Å². The highest BCUT2D eigenvalue weighted by atomic mass is 32.2. The van der Waals surface area contributed by atoms with E-state index >= 15 is 0 Å². The lowest BCUT2D eigenvalue weighted by Gasteiger charge is -2.10. The van der Waals surface area contributed by atoms with E-state index in [4.69, 9.17) is 5.11 Å². The van der Waals surface area contributed by atoms with Crippen molar-refractivity contribution in [1.29, 1.82) is 0 Å². The molecule has 1 N–H and O–H groups in total. The minimum atomic E-state index is -1.22. The Balaban J connectivity index is 1.94. The van der Waals surface area contributed by atoms with Crippen LogP contribution in [0.5, 0.6) is 0 Å². The number of thioether (sulfide) groups is 1. The molecule has 0 atom stereocenters. The SMILES string of the molecule is Cc1ccc(-n2cccc2/C=C2/SC(=O)N(CC(=O)O)C2=O)cc1C. The third kappa shape index (κ3) is 3.36. The fourth-order valence-corrected chi connectivity index (χ4v) is 3.35. The summed E-state index contributed by atoms with van der Waals surface area (Å²) in [7, 11) is 0. The number of hydrogen-bond acceptors (Lipinski definition) is 4. The first-order valence-corrected chi connectivity index (χ1v) is 8.40. The number of carbonyl (C=O) groups is 3. The van der Waals surface area contributed by atoms with Gasteiger partial charge in [0, 0.05) is 17.6 Å². The second-order valence-corrected chi connectivity index (χ2v) is 6.73. The van der Waals surface area contributed by atoms with Gasteiger partial charge in [-0.25, -0.2) is 0 Å². The molecule has 128 valence electrons. The van der Waals surface area contributed by atoms with Crippen molar-refractivity contribution in [2.45, 2.75) is 13.8 Å². The summed E-state index contributed by atoms with van der Waals surface area (Å²) in [5.41, 5.74) is 4.03. The van der Waals surface area contributed by atoms with Crippen molar-refractivity contribution in [3.8, 4) is 5.69 Å². The number of benzene rings is 1. The number of rotatable bonds is 4. The molecule has 1 saturated heterocycles. The van der Waals surface area contributed by atoms with Crippen LogP contribution in [0.4, 0.5) is 4.79 Å². The van der Waals surface area contributed by atoms with Gasteiger partial charge in [0.2, 0.25) is 0 Å². The maximum Gasteiger partial charge on any atom is 0.323 e. The number of amides is 2. The standard InChI is InChI=1S/C18H16N2O4S/c1-11-5-6-14(8-12(11)2)19-7-3-4-13(19)9-15-17(23)20(10-16(21)22)18(24)25-15/h3-9H,10H2,1-2H3,(H,21,22)/b15-9+. The van der Waals surface area contributed by atoms with Gasteiger partial charge in [-0.15, -0.1) is 0 Å². The van der Waals surface area contributed by atoms with Gasteiger partial charge in [-0.1, -0.05) is 6.07 Å². The Bertz CT molecular complexity index is 914. The first-order chi connectivity index (χ1) is 11.9. The van der Waals surface area contributed by atoms with Gasteiger partial charge in [-0.05, 0) is 67.1 Å². The van der Waals surface area contributed by atoms with E-state index in [1.54, 1.807) is 6.08 Å². The highest BCUT2D eigenvalue weighted by molar-refractivity contribution is 8.18. The molecule has 1 fully saturated rings. The lowest BCUT2D eigenvalue weighted by molar-refractivity contribution is -0.140. The molecule has 1 aromatic carbocycles. The Kier molecular flexibility index (Phi) is 4.50. The van der Waals surface area contributed by atoms with E-state index in [9.17, 15) is 14.4 Å². The fourth-order valence-electron chi connectivity index (χ4n) is 2.53. The zero-order valence-electron chi connectivity index (χ0n) is 13.7. The molecule has 0 bridgehead atoms. The molecule has 6 nitrogen and oxygen atoms in total. The molecule has 0 radical (unpaired) electrons. The third-order valence-electron chi connectivity index (χ3n) is 3.99. The van der Waals surface area contributed by atoms with Crippen molar-refractivity contribution in [2.24, 2.45) is 0 Å². The molecule has 25 heavy (non-hydrogen) atoms. The summed E-state index contributed by atoms with van der Waals surface area (Å²) in [4.78, 5) is 35.9. The molecule has 0 aliphatic carbocycles. The molecule has 2 heterocycles. The summed E-state index contributed by atoms with van der Waals surface area (Å²) in [5.74, 6) is -1.80.